The Hall–Kier alpha value is -3.15. The number of hydrogen-bond acceptors (Lipinski definition) is 5. The number of benzene rings is 1. The van der Waals surface area contributed by atoms with E-state index in [1.807, 2.05) is 12.1 Å². The first kappa shape index (κ1) is 14.8. The van der Waals surface area contributed by atoms with Crippen LogP contribution in [0.4, 0.5) is 0 Å². The normalized spacial score (nSPS) is 10.5. The van der Waals surface area contributed by atoms with Crippen LogP contribution in [0.5, 0.6) is 5.75 Å². The van der Waals surface area contributed by atoms with E-state index in [1.54, 1.807) is 37.4 Å². The number of rotatable bonds is 4. The number of imidazole rings is 1. The lowest BCUT2D eigenvalue weighted by Gasteiger charge is -2.02. The third-order valence-corrected chi connectivity index (χ3v) is 3.27. The molecule has 0 amide bonds. The smallest absolute Gasteiger partial charge is 0.356 e. The summed E-state index contributed by atoms with van der Waals surface area (Å²) in [5.74, 6) is 0.338. The maximum atomic E-state index is 11.6. The Morgan fingerprint density at radius 3 is 2.48 bits per heavy atom. The molecule has 2 heterocycles. The fourth-order valence-corrected chi connectivity index (χ4v) is 2.12. The number of nitrogens with one attached hydrogen (secondary N) is 1. The molecule has 2 aromatic heterocycles. The number of H-pyrrole nitrogens is 1. The number of carbonyl (C=O) groups excluding carboxylic acids is 1. The number of esters is 1. The van der Waals surface area contributed by atoms with Crippen molar-refractivity contribution in [3.8, 4) is 28.4 Å². The summed E-state index contributed by atoms with van der Waals surface area (Å²) in [5.41, 5.74) is 2.76. The number of aromatic amines is 1. The second-order valence-corrected chi connectivity index (χ2v) is 4.84. The molecule has 6 heteroatoms. The highest BCUT2D eigenvalue weighted by Gasteiger charge is 2.11. The summed E-state index contributed by atoms with van der Waals surface area (Å²) in [5, 5.41) is 9.31. The van der Waals surface area contributed by atoms with Gasteiger partial charge >= 0.3 is 5.97 Å². The second kappa shape index (κ2) is 6.31. The SMILES string of the molecule is CCOC(=O)c1cnc(-c2ccc(-c3ccc(O)cc3)nc2)[nH]1. The van der Waals surface area contributed by atoms with Gasteiger partial charge in [-0.1, -0.05) is 0 Å². The van der Waals surface area contributed by atoms with E-state index in [2.05, 4.69) is 15.0 Å². The van der Waals surface area contributed by atoms with Crippen molar-refractivity contribution >= 4 is 5.97 Å². The number of carbonyl (C=O) groups is 1. The van der Waals surface area contributed by atoms with Crippen LogP contribution < -0.4 is 0 Å². The van der Waals surface area contributed by atoms with Gasteiger partial charge in [0.2, 0.25) is 0 Å². The van der Waals surface area contributed by atoms with Gasteiger partial charge in [-0.2, -0.15) is 0 Å². The minimum Gasteiger partial charge on any atom is -0.508 e. The largest absolute Gasteiger partial charge is 0.508 e. The summed E-state index contributed by atoms with van der Waals surface area (Å²) in [6.07, 6.45) is 3.12. The summed E-state index contributed by atoms with van der Waals surface area (Å²) in [6, 6.07) is 10.5. The summed E-state index contributed by atoms with van der Waals surface area (Å²) >= 11 is 0. The number of nitrogens with zero attached hydrogens (tertiary/aromatic N) is 2. The van der Waals surface area contributed by atoms with Crippen molar-refractivity contribution in [2.75, 3.05) is 6.61 Å². The third-order valence-electron chi connectivity index (χ3n) is 3.27. The number of ether oxygens (including phenoxy) is 1. The molecular formula is C17H15N3O3. The molecule has 116 valence electrons. The van der Waals surface area contributed by atoms with E-state index in [4.69, 9.17) is 4.74 Å². The molecule has 6 nitrogen and oxygen atoms in total. The summed E-state index contributed by atoms with van der Waals surface area (Å²) in [6.45, 7) is 2.07. The van der Waals surface area contributed by atoms with Crippen molar-refractivity contribution in [1.82, 2.24) is 15.0 Å². The molecule has 0 fully saturated rings. The fourth-order valence-electron chi connectivity index (χ4n) is 2.12. The van der Waals surface area contributed by atoms with Crippen molar-refractivity contribution in [3.05, 3.63) is 54.5 Å². The molecule has 3 aromatic rings. The molecule has 0 bridgehead atoms. The van der Waals surface area contributed by atoms with Crippen LogP contribution in [0.3, 0.4) is 0 Å². The first-order valence-electron chi connectivity index (χ1n) is 7.15. The van der Waals surface area contributed by atoms with Crippen molar-refractivity contribution in [2.45, 2.75) is 6.92 Å². The van der Waals surface area contributed by atoms with Gasteiger partial charge in [0.25, 0.3) is 0 Å². The molecule has 0 saturated heterocycles. The van der Waals surface area contributed by atoms with Gasteiger partial charge in [-0.15, -0.1) is 0 Å². The van der Waals surface area contributed by atoms with E-state index >= 15 is 0 Å². The number of phenols is 1. The Bertz CT molecular complexity index is 808. The number of phenolic OH excluding ortho intramolecular Hbond substituents is 1. The Labute approximate surface area is 132 Å². The van der Waals surface area contributed by atoms with E-state index in [1.165, 1.54) is 6.20 Å². The minimum atomic E-state index is -0.431. The molecule has 3 rings (SSSR count). The molecule has 1 aromatic carbocycles. The Morgan fingerprint density at radius 1 is 1.09 bits per heavy atom. The zero-order chi connectivity index (χ0) is 16.2. The van der Waals surface area contributed by atoms with Crippen molar-refractivity contribution < 1.29 is 14.6 Å². The molecule has 0 spiro atoms. The topological polar surface area (TPSA) is 88.1 Å². The highest BCUT2D eigenvalue weighted by Crippen LogP contribution is 2.22. The average Bonchev–Trinajstić information content (AvgIpc) is 3.06. The summed E-state index contributed by atoms with van der Waals surface area (Å²) in [4.78, 5) is 23.1. The predicted molar refractivity (Wildman–Crippen MR) is 84.9 cm³/mol. The first-order valence-corrected chi connectivity index (χ1v) is 7.15. The lowest BCUT2D eigenvalue weighted by molar-refractivity contribution is 0.0520. The van der Waals surface area contributed by atoms with Gasteiger partial charge in [0.05, 0.1) is 18.5 Å². The quantitative estimate of drug-likeness (QED) is 0.723. The van der Waals surface area contributed by atoms with Gasteiger partial charge in [-0.05, 0) is 43.3 Å². The highest BCUT2D eigenvalue weighted by molar-refractivity contribution is 5.87. The van der Waals surface area contributed by atoms with Crippen LogP contribution in [0, 0.1) is 0 Å². The predicted octanol–water partition coefficient (Wildman–Crippen LogP) is 3.02. The molecular weight excluding hydrogens is 294 g/mol. The van der Waals surface area contributed by atoms with Crippen LogP contribution in [0.25, 0.3) is 22.6 Å². The van der Waals surface area contributed by atoms with Gasteiger partial charge in [0.15, 0.2) is 0 Å². The summed E-state index contributed by atoms with van der Waals surface area (Å²) < 4.78 is 4.92. The van der Waals surface area contributed by atoms with Crippen LogP contribution in [0.2, 0.25) is 0 Å². The molecule has 0 aliphatic carbocycles. The highest BCUT2D eigenvalue weighted by atomic mass is 16.5. The van der Waals surface area contributed by atoms with Crippen LogP contribution in [-0.2, 0) is 4.74 Å². The van der Waals surface area contributed by atoms with Crippen LogP contribution >= 0.6 is 0 Å². The van der Waals surface area contributed by atoms with Gasteiger partial charge < -0.3 is 14.8 Å². The average molecular weight is 309 g/mol. The third kappa shape index (κ3) is 3.21. The number of aromatic hydroxyl groups is 1. The number of hydrogen-bond donors (Lipinski definition) is 2. The Morgan fingerprint density at radius 2 is 1.83 bits per heavy atom. The first-order chi connectivity index (χ1) is 11.2. The van der Waals surface area contributed by atoms with Crippen LogP contribution in [0.1, 0.15) is 17.4 Å². The van der Waals surface area contributed by atoms with E-state index in [0.29, 0.717) is 18.1 Å². The molecule has 0 unspecified atom stereocenters. The molecule has 0 radical (unpaired) electrons. The van der Waals surface area contributed by atoms with Gasteiger partial charge in [0.1, 0.15) is 17.3 Å². The lowest BCUT2D eigenvalue weighted by atomic mass is 10.1. The lowest BCUT2D eigenvalue weighted by Crippen LogP contribution is -2.04. The monoisotopic (exact) mass is 309 g/mol. The van der Waals surface area contributed by atoms with Crippen molar-refractivity contribution in [2.24, 2.45) is 0 Å². The standard InChI is InChI=1S/C17H15N3O3/c1-2-23-17(22)15-10-19-16(20-15)12-5-8-14(18-9-12)11-3-6-13(21)7-4-11/h3-10,21H,2H2,1H3,(H,19,20). The number of aromatic nitrogens is 3. The summed E-state index contributed by atoms with van der Waals surface area (Å²) in [7, 11) is 0. The zero-order valence-corrected chi connectivity index (χ0v) is 12.5. The maximum absolute atomic E-state index is 11.6. The molecule has 23 heavy (non-hydrogen) atoms. The second-order valence-electron chi connectivity index (χ2n) is 4.84. The van der Waals surface area contributed by atoms with Crippen LogP contribution in [0.15, 0.2) is 48.8 Å². The Balaban J connectivity index is 1.82. The molecule has 2 N–H and O–H groups in total. The van der Waals surface area contributed by atoms with E-state index in [9.17, 15) is 9.90 Å². The van der Waals surface area contributed by atoms with Gasteiger partial charge in [-0.3, -0.25) is 4.98 Å². The van der Waals surface area contributed by atoms with Crippen molar-refractivity contribution in [3.63, 3.8) is 0 Å². The molecule has 0 aliphatic rings. The Kier molecular flexibility index (Phi) is 4.05. The zero-order valence-electron chi connectivity index (χ0n) is 12.5. The molecule has 0 saturated carbocycles. The number of pyridine rings is 1. The van der Waals surface area contributed by atoms with E-state index in [-0.39, 0.29) is 5.75 Å². The van der Waals surface area contributed by atoms with Crippen molar-refractivity contribution in [1.29, 1.82) is 0 Å². The van der Waals surface area contributed by atoms with Crippen LogP contribution in [-0.4, -0.2) is 32.6 Å². The fraction of sp³-hybridized carbons (Fsp3) is 0.118. The molecule has 0 atom stereocenters. The minimum absolute atomic E-state index is 0.215. The van der Waals surface area contributed by atoms with E-state index in [0.717, 1.165) is 16.8 Å². The maximum Gasteiger partial charge on any atom is 0.356 e. The van der Waals surface area contributed by atoms with Gasteiger partial charge in [-0.25, -0.2) is 9.78 Å². The molecule has 0 aliphatic heterocycles. The van der Waals surface area contributed by atoms with E-state index < -0.39 is 5.97 Å². The van der Waals surface area contributed by atoms with Gasteiger partial charge in [0, 0.05) is 17.3 Å².